The van der Waals surface area contributed by atoms with Gasteiger partial charge in [-0.25, -0.2) is 0 Å². The summed E-state index contributed by atoms with van der Waals surface area (Å²) in [5, 5.41) is 11.3. The third kappa shape index (κ3) is 7.45. The number of carbonyl (C=O) groups excluding carboxylic acids is 1. The van der Waals surface area contributed by atoms with Crippen LogP contribution in [0.3, 0.4) is 0 Å². The molecule has 0 spiro atoms. The molecule has 0 saturated carbocycles. The lowest BCUT2D eigenvalue weighted by molar-refractivity contribution is -0.147. The molecule has 0 saturated heterocycles. The number of aliphatic hydroxyl groups is 1. The minimum atomic E-state index is -0.736. The normalized spacial score (nSPS) is 13.8. The monoisotopic (exact) mass is 447 g/mol. The number of carbonyl (C=O) groups is 1. The van der Waals surface area contributed by atoms with Crippen LogP contribution >= 0.6 is 0 Å². The Labute approximate surface area is 196 Å². The van der Waals surface area contributed by atoms with Crippen molar-refractivity contribution < 1.29 is 19.4 Å². The highest BCUT2D eigenvalue weighted by Gasteiger charge is 2.28. The van der Waals surface area contributed by atoms with Crippen LogP contribution in [0.15, 0.2) is 84.9 Å². The van der Waals surface area contributed by atoms with Crippen molar-refractivity contribution in [2.45, 2.75) is 31.5 Å². The van der Waals surface area contributed by atoms with Crippen LogP contribution in [0, 0.1) is 0 Å². The van der Waals surface area contributed by atoms with Crippen LogP contribution in [0.1, 0.15) is 48.2 Å². The molecule has 0 aliphatic heterocycles. The van der Waals surface area contributed by atoms with Gasteiger partial charge in [-0.3, -0.25) is 4.79 Å². The van der Waals surface area contributed by atoms with E-state index in [0.29, 0.717) is 13.0 Å². The van der Waals surface area contributed by atoms with E-state index in [1.165, 1.54) is 6.92 Å². The molecular formula is C28H33NO4. The summed E-state index contributed by atoms with van der Waals surface area (Å²) in [4.78, 5) is 14.0. The molecule has 0 bridgehead atoms. The lowest BCUT2D eigenvalue weighted by Crippen LogP contribution is -2.19. The van der Waals surface area contributed by atoms with Gasteiger partial charge in [-0.2, -0.15) is 0 Å². The summed E-state index contributed by atoms with van der Waals surface area (Å²) in [6.07, 6.45) is -0.789. The van der Waals surface area contributed by atoms with Crippen LogP contribution in [0.5, 0.6) is 5.75 Å². The van der Waals surface area contributed by atoms with Crippen LogP contribution in [-0.4, -0.2) is 43.2 Å². The molecule has 174 valence electrons. The SMILES string of the molecule is CC(=O)OC(CC(c1ccccc1)C(O)c1ccccc1)c1ccc(OCCN(C)C)cc1. The first-order chi connectivity index (χ1) is 15.9. The molecule has 5 heteroatoms. The van der Waals surface area contributed by atoms with Gasteiger partial charge in [0.2, 0.25) is 0 Å². The predicted octanol–water partition coefficient (Wildman–Crippen LogP) is 5.14. The van der Waals surface area contributed by atoms with Crippen molar-refractivity contribution in [1.82, 2.24) is 4.90 Å². The number of benzene rings is 3. The first-order valence-electron chi connectivity index (χ1n) is 11.3. The zero-order valence-corrected chi connectivity index (χ0v) is 19.6. The summed E-state index contributed by atoms with van der Waals surface area (Å²) in [7, 11) is 4.01. The molecule has 0 heterocycles. The summed E-state index contributed by atoms with van der Waals surface area (Å²) in [5.41, 5.74) is 2.69. The van der Waals surface area contributed by atoms with Gasteiger partial charge in [0.25, 0.3) is 0 Å². The molecule has 3 aromatic carbocycles. The first kappa shape index (κ1) is 24.5. The van der Waals surface area contributed by atoms with Gasteiger partial charge in [0.1, 0.15) is 18.5 Å². The van der Waals surface area contributed by atoms with E-state index < -0.39 is 12.2 Å². The van der Waals surface area contributed by atoms with Gasteiger partial charge in [-0.05, 0) is 49.3 Å². The molecule has 0 radical (unpaired) electrons. The minimum absolute atomic E-state index is 0.256. The number of hydrogen-bond donors (Lipinski definition) is 1. The van der Waals surface area contributed by atoms with E-state index in [1.54, 1.807) is 0 Å². The smallest absolute Gasteiger partial charge is 0.303 e. The highest BCUT2D eigenvalue weighted by molar-refractivity contribution is 5.66. The molecule has 0 amide bonds. The Bertz CT molecular complexity index is 974. The van der Waals surface area contributed by atoms with E-state index in [2.05, 4.69) is 4.90 Å². The van der Waals surface area contributed by atoms with Crippen molar-refractivity contribution in [2.24, 2.45) is 0 Å². The summed E-state index contributed by atoms with van der Waals surface area (Å²) in [6.45, 7) is 2.84. The molecule has 1 N–H and O–H groups in total. The molecule has 3 unspecified atom stereocenters. The molecule has 5 nitrogen and oxygen atoms in total. The second-order valence-corrected chi connectivity index (χ2v) is 8.43. The van der Waals surface area contributed by atoms with E-state index in [9.17, 15) is 9.90 Å². The molecule has 0 aliphatic rings. The fourth-order valence-electron chi connectivity index (χ4n) is 3.84. The lowest BCUT2D eigenvalue weighted by Gasteiger charge is -2.28. The third-order valence-electron chi connectivity index (χ3n) is 5.59. The highest BCUT2D eigenvalue weighted by atomic mass is 16.5. The van der Waals surface area contributed by atoms with Crippen molar-refractivity contribution in [3.05, 3.63) is 102 Å². The quantitative estimate of drug-likeness (QED) is 0.413. The molecule has 33 heavy (non-hydrogen) atoms. The second kappa shape index (κ2) is 12.2. The Morgan fingerprint density at radius 3 is 1.97 bits per heavy atom. The van der Waals surface area contributed by atoms with Gasteiger partial charge in [0, 0.05) is 19.4 Å². The molecule has 3 aromatic rings. The Hall–Kier alpha value is -3.15. The fourth-order valence-corrected chi connectivity index (χ4v) is 3.84. The van der Waals surface area contributed by atoms with Crippen LogP contribution in [-0.2, 0) is 9.53 Å². The lowest BCUT2D eigenvalue weighted by atomic mass is 9.83. The first-order valence-corrected chi connectivity index (χ1v) is 11.3. The number of rotatable bonds is 11. The Morgan fingerprint density at radius 2 is 1.42 bits per heavy atom. The second-order valence-electron chi connectivity index (χ2n) is 8.43. The topological polar surface area (TPSA) is 59.0 Å². The number of nitrogens with zero attached hydrogens (tertiary/aromatic N) is 1. The summed E-state index contributed by atoms with van der Waals surface area (Å²) >= 11 is 0. The summed E-state index contributed by atoms with van der Waals surface area (Å²) < 4.78 is 11.5. The van der Waals surface area contributed by atoms with Gasteiger partial charge in [0.15, 0.2) is 0 Å². The highest BCUT2D eigenvalue weighted by Crippen LogP contribution is 2.39. The van der Waals surface area contributed by atoms with E-state index in [0.717, 1.165) is 29.0 Å². The van der Waals surface area contributed by atoms with E-state index in [1.807, 2.05) is 99.0 Å². The molecule has 3 rings (SSSR count). The van der Waals surface area contributed by atoms with Gasteiger partial charge in [0.05, 0.1) is 6.10 Å². The number of esters is 1. The van der Waals surface area contributed by atoms with E-state index in [-0.39, 0.29) is 11.9 Å². The third-order valence-corrected chi connectivity index (χ3v) is 5.59. The zero-order valence-electron chi connectivity index (χ0n) is 19.6. The Kier molecular flexibility index (Phi) is 9.04. The number of hydrogen-bond acceptors (Lipinski definition) is 5. The molecule has 3 atom stereocenters. The van der Waals surface area contributed by atoms with Crippen molar-refractivity contribution in [2.75, 3.05) is 27.2 Å². The molecule has 0 aromatic heterocycles. The number of ether oxygens (including phenoxy) is 2. The fraction of sp³-hybridized carbons (Fsp3) is 0.321. The van der Waals surface area contributed by atoms with Crippen molar-refractivity contribution in [3.8, 4) is 5.75 Å². The zero-order chi connectivity index (χ0) is 23.6. The Morgan fingerprint density at radius 1 is 0.848 bits per heavy atom. The number of likely N-dealkylation sites (N-methyl/N-ethyl adjacent to an activating group) is 1. The maximum atomic E-state index is 11.9. The standard InChI is InChI=1S/C28H33NO4/c1-21(30)33-27(23-14-16-25(17-15-23)32-19-18-29(2)3)20-26(22-10-6-4-7-11-22)28(31)24-12-8-5-9-13-24/h4-17,26-28,31H,18-20H2,1-3H3. The van der Waals surface area contributed by atoms with Crippen molar-refractivity contribution in [3.63, 3.8) is 0 Å². The summed E-state index contributed by atoms with van der Waals surface area (Å²) in [6, 6.07) is 27.1. The largest absolute Gasteiger partial charge is 0.492 e. The molecule has 0 fully saturated rings. The minimum Gasteiger partial charge on any atom is -0.492 e. The van der Waals surface area contributed by atoms with Crippen LogP contribution < -0.4 is 4.74 Å². The van der Waals surface area contributed by atoms with Gasteiger partial charge >= 0.3 is 5.97 Å². The Balaban J connectivity index is 1.84. The van der Waals surface area contributed by atoms with Crippen LogP contribution in [0.2, 0.25) is 0 Å². The maximum Gasteiger partial charge on any atom is 0.303 e. The molecular weight excluding hydrogens is 414 g/mol. The van der Waals surface area contributed by atoms with E-state index in [4.69, 9.17) is 9.47 Å². The molecule has 0 aliphatic carbocycles. The van der Waals surface area contributed by atoms with Gasteiger partial charge in [-0.15, -0.1) is 0 Å². The predicted molar refractivity (Wildman–Crippen MR) is 130 cm³/mol. The van der Waals surface area contributed by atoms with Gasteiger partial charge < -0.3 is 19.5 Å². The van der Waals surface area contributed by atoms with Gasteiger partial charge in [-0.1, -0.05) is 72.8 Å². The average Bonchev–Trinajstić information content (AvgIpc) is 2.82. The average molecular weight is 448 g/mol. The van der Waals surface area contributed by atoms with Crippen molar-refractivity contribution >= 4 is 5.97 Å². The van der Waals surface area contributed by atoms with Crippen LogP contribution in [0.25, 0.3) is 0 Å². The van der Waals surface area contributed by atoms with Crippen molar-refractivity contribution in [1.29, 1.82) is 0 Å². The summed E-state index contributed by atoms with van der Waals surface area (Å²) in [5.74, 6) is 0.160. The maximum absolute atomic E-state index is 11.9. The van der Waals surface area contributed by atoms with Crippen LogP contribution in [0.4, 0.5) is 0 Å². The van der Waals surface area contributed by atoms with E-state index >= 15 is 0 Å². The number of aliphatic hydroxyl groups excluding tert-OH is 1.